The maximum Gasteiger partial charge on any atom is 0.271 e. The lowest BCUT2D eigenvalue weighted by Gasteiger charge is -2.05. The third-order valence-electron chi connectivity index (χ3n) is 1.93. The molecule has 0 radical (unpaired) electrons. The van der Waals surface area contributed by atoms with Gasteiger partial charge in [-0.05, 0) is 5.82 Å². The van der Waals surface area contributed by atoms with Gasteiger partial charge in [0.25, 0.3) is 7.41 Å². The van der Waals surface area contributed by atoms with E-state index >= 15 is 0 Å². The van der Waals surface area contributed by atoms with Gasteiger partial charge in [-0.2, -0.15) is 0 Å². The van der Waals surface area contributed by atoms with Gasteiger partial charge in [0.1, 0.15) is 0 Å². The molecule has 0 aliphatic heterocycles. The lowest BCUT2D eigenvalue weighted by atomic mass is 9.74. The van der Waals surface area contributed by atoms with Gasteiger partial charge in [0.15, 0.2) is 7.85 Å². The zero-order chi connectivity index (χ0) is 8.97. The predicted octanol–water partition coefficient (Wildman–Crippen LogP) is -0.655. The normalized spacial score (nSPS) is 12.8. The highest BCUT2D eigenvalue weighted by Crippen LogP contribution is 2.09. The molecule has 1 rings (SSSR count). The van der Waals surface area contributed by atoms with Gasteiger partial charge >= 0.3 is 0 Å². The standard InChI is InChI=1S/C7H15B2N3/c1-3-4-6(2)9-12-5-7(8)10-11-12/h5-6,9H,3-4,8H2,1-2H3. The van der Waals surface area contributed by atoms with Crippen LogP contribution in [0.4, 0.5) is 0 Å². The van der Waals surface area contributed by atoms with E-state index in [1.807, 2.05) is 18.6 Å². The lowest BCUT2D eigenvalue weighted by molar-refractivity contribution is 0.739. The van der Waals surface area contributed by atoms with Crippen molar-refractivity contribution in [2.45, 2.75) is 32.5 Å². The van der Waals surface area contributed by atoms with E-state index in [-0.39, 0.29) is 0 Å². The van der Waals surface area contributed by atoms with E-state index in [0.717, 1.165) is 13.0 Å². The summed E-state index contributed by atoms with van der Waals surface area (Å²) in [7, 11) is 2.96. The Balaban J connectivity index is 2.41. The van der Waals surface area contributed by atoms with Gasteiger partial charge in [0.2, 0.25) is 0 Å². The maximum absolute atomic E-state index is 4.00. The molecular weight excluding hydrogens is 148 g/mol. The summed E-state index contributed by atoms with van der Waals surface area (Å²) < 4.78 is 1.93. The highest BCUT2D eigenvalue weighted by atomic mass is 15.4. The van der Waals surface area contributed by atoms with Crippen molar-refractivity contribution in [2.24, 2.45) is 0 Å². The fourth-order valence-corrected chi connectivity index (χ4v) is 1.39. The van der Waals surface area contributed by atoms with Crippen LogP contribution in [0.3, 0.4) is 0 Å². The van der Waals surface area contributed by atoms with Crippen molar-refractivity contribution in [1.82, 2.24) is 14.9 Å². The van der Waals surface area contributed by atoms with E-state index in [1.54, 1.807) is 0 Å². The summed E-state index contributed by atoms with van der Waals surface area (Å²) in [5, 5.41) is 7.95. The number of hydrogen-bond donors (Lipinski definition) is 0. The first-order chi connectivity index (χ1) is 5.72. The molecule has 1 aromatic heterocycles. The fourth-order valence-electron chi connectivity index (χ4n) is 1.39. The lowest BCUT2D eigenvalue weighted by Crippen LogP contribution is -2.12. The molecule has 3 nitrogen and oxygen atoms in total. The molecule has 0 amide bonds. The average molecular weight is 163 g/mol. The Bertz CT molecular complexity index is 236. The maximum atomic E-state index is 4.00. The first-order valence-electron chi connectivity index (χ1n) is 4.59. The number of aromatic nitrogens is 3. The van der Waals surface area contributed by atoms with Crippen LogP contribution in [-0.4, -0.2) is 30.2 Å². The minimum Gasteiger partial charge on any atom is -0.303 e. The highest BCUT2D eigenvalue weighted by molar-refractivity contribution is 6.36. The second kappa shape index (κ2) is 4.33. The summed E-state index contributed by atoms with van der Waals surface area (Å²) in [6.07, 6.45) is 4.50. The Kier molecular flexibility index (Phi) is 3.38. The molecule has 0 N–H and O–H groups in total. The van der Waals surface area contributed by atoms with Crippen LogP contribution >= 0.6 is 0 Å². The first kappa shape index (κ1) is 9.36. The largest absolute Gasteiger partial charge is 0.303 e. The van der Waals surface area contributed by atoms with Crippen LogP contribution in [0.15, 0.2) is 6.20 Å². The molecule has 0 saturated carbocycles. The highest BCUT2D eigenvalue weighted by Gasteiger charge is 2.05. The van der Waals surface area contributed by atoms with E-state index in [1.165, 1.54) is 12.8 Å². The van der Waals surface area contributed by atoms with Gasteiger partial charge in [-0.15, -0.1) is 5.10 Å². The Hall–Kier alpha value is -0.730. The minimum atomic E-state index is 0.705. The summed E-state index contributed by atoms with van der Waals surface area (Å²) in [5.74, 6) is 0.705. The van der Waals surface area contributed by atoms with E-state index in [9.17, 15) is 0 Å². The Morgan fingerprint density at radius 3 is 3.00 bits per heavy atom. The molecule has 0 spiro atoms. The van der Waals surface area contributed by atoms with Crippen molar-refractivity contribution in [2.75, 3.05) is 0 Å². The second-order valence-electron chi connectivity index (χ2n) is 3.48. The quantitative estimate of drug-likeness (QED) is 0.551. The third-order valence-corrected chi connectivity index (χ3v) is 1.93. The van der Waals surface area contributed by atoms with Gasteiger partial charge in [-0.3, -0.25) is 0 Å². The molecule has 0 aromatic carbocycles. The molecule has 5 heteroatoms. The molecule has 12 heavy (non-hydrogen) atoms. The smallest absolute Gasteiger partial charge is 0.271 e. The zero-order valence-electron chi connectivity index (χ0n) is 8.12. The van der Waals surface area contributed by atoms with Crippen LogP contribution < -0.4 is 5.59 Å². The van der Waals surface area contributed by atoms with Gasteiger partial charge < -0.3 is 4.59 Å². The van der Waals surface area contributed by atoms with Gasteiger partial charge in [-0.25, -0.2) is 0 Å². The SMILES string of the molecule is Bc1cn(BC(C)CCC)nn1. The molecule has 0 aliphatic rings. The van der Waals surface area contributed by atoms with Crippen molar-refractivity contribution in [1.29, 1.82) is 0 Å². The first-order valence-corrected chi connectivity index (χ1v) is 4.59. The van der Waals surface area contributed by atoms with Crippen molar-refractivity contribution >= 4 is 20.9 Å². The molecule has 1 heterocycles. The van der Waals surface area contributed by atoms with Crippen LogP contribution in [0, 0.1) is 0 Å². The Labute approximate surface area is 75.2 Å². The second-order valence-corrected chi connectivity index (χ2v) is 3.48. The predicted molar refractivity (Wildman–Crippen MR) is 55.1 cm³/mol. The summed E-state index contributed by atoms with van der Waals surface area (Å²) in [5.41, 5.74) is 0.999. The third kappa shape index (κ3) is 2.72. The van der Waals surface area contributed by atoms with Crippen molar-refractivity contribution in [3.8, 4) is 0 Å². The van der Waals surface area contributed by atoms with Crippen LogP contribution in [-0.2, 0) is 0 Å². The summed E-state index contributed by atoms with van der Waals surface area (Å²) in [6, 6.07) is 0. The zero-order valence-corrected chi connectivity index (χ0v) is 8.12. The van der Waals surface area contributed by atoms with Gasteiger partial charge in [0, 0.05) is 11.8 Å². The van der Waals surface area contributed by atoms with Crippen LogP contribution in [0.2, 0.25) is 5.82 Å². The molecular formula is C7H15B2N3. The van der Waals surface area contributed by atoms with Crippen LogP contribution in [0.1, 0.15) is 26.7 Å². The van der Waals surface area contributed by atoms with Crippen molar-refractivity contribution < 1.29 is 0 Å². The Morgan fingerprint density at radius 2 is 2.50 bits per heavy atom. The molecule has 1 unspecified atom stereocenters. The van der Waals surface area contributed by atoms with Gasteiger partial charge in [-0.1, -0.05) is 31.9 Å². The molecule has 0 bridgehead atoms. The summed E-state index contributed by atoms with van der Waals surface area (Å²) in [6.45, 7) is 4.46. The summed E-state index contributed by atoms with van der Waals surface area (Å²) in [4.78, 5) is 0. The number of nitrogens with zero attached hydrogens (tertiary/aromatic N) is 3. The van der Waals surface area contributed by atoms with Crippen LogP contribution in [0.5, 0.6) is 0 Å². The minimum absolute atomic E-state index is 0.705. The topological polar surface area (TPSA) is 30.7 Å². The van der Waals surface area contributed by atoms with Crippen molar-refractivity contribution in [3.63, 3.8) is 0 Å². The average Bonchev–Trinajstić information content (AvgIpc) is 2.36. The van der Waals surface area contributed by atoms with Crippen LogP contribution in [0.25, 0.3) is 0 Å². The monoisotopic (exact) mass is 163 g/mol. The van der Waals surface area contributed by atoms with E-state index < -0.39 is 0 Å². The van der Waals surface area contributed by atoms with E-state index in [2.05, 4.69) is 24.2 Å². The number of hydrogen-bond acceptors (Lipinski definition) is 2. The fraction of sp³-hybridized carbons (Fsp3) is 0.714. The van der Waals surface area contributed by atoms with Gasteiger partial charge in [0.05, 0.1) is 0 Å². The Morgan fingerprint density at radius 1 is 1.75 bits per heavy atom. The molecule has 0 saturated heterocycles. The molecule has 1 atom stereocenters. The van der Waals surface area contributed by atoms with E-state index in [0.29, 0.717) is 5.82 Å². The van der Waals surface area contributed by atoms with E-state index in [4.69, 9.17) is 0 Å². The molecule has 1 aromatic rings. The molecule has 0 fully saturated rings. The molecule has 0 aliphatic carbocycles. The summed E-state index contributed by atoms with van der Waals surface area (Å²) >= 11 is 0. The molecule has 64 valence electrons. The number of rotatable bonds is 4. The van der Waals surface area contributed by atoms with Crippen molar-refractivity contribution in [3.05, 3.63) is 6.20 Å².